The summed E-state index contributed by atoms with van der Waals surface area (Å²) in [7, 11) is -3.59. The molecule has 1 aliphatic rings. The average molecular weight is 320 g/mol. The number of nitrogens with zero attached hydrogens (tertiary/aromatic N) is 1. The minimum atomic E-state index is -3.59. The molecular weight excluding hydrogens is 302 g/mol. The first-order valence-electron chi connectivity index (χ1n) is 6.39. The fourth-order valence-electron chi connectivity index (χ4n) is 2.29. The first-order chi connectivity index (χ1) is 9.34. The van der Waals surface area contributed by atoms with Crippen LogP contribution in [-0.2, 0) is 21.4 Å². The van der Waals surface area contributed by atoms with Gasteiger partial charge in [0.15, 0.2) is 0 Å². The van der Waals surface area contributed by atoms with Crippen LogP contribution < -0.4 is 0 Å². The Bertz CT molecular complexity index is 580. The van der Waals surface area contributed by atoms with E-state index in [0.717, 1.165) is 0 Å². The molecule has 1 aromatic rings. The van der Waals surface area contributed by atoms with Gasteiger partial charge in [0.25, 0.3) is 0 Å². The first kappa shape index (κ1) is 15.7. The molecule has 0 bridgehead atoms. The molecule has 1 saturated heterocycles. The van der Waals surface area contributed by atoms with Crippen molar-refractivity contribution in [3.05, 3.63) is 28.8 Å². The van der Waals surface area contributed by atoms with Crippen molar-refractivity contribution >= 4 is 21.6 Å². The zero-order chi connectivity index (χ0) is 14.9. The number of morpholine rings is 1. The van der Waals surface area contributed by atoms with E-state index in [1.54, 1.807) is 0 Å². The summed E-state index contributed by atoms with van der Waals surface area (Å²) >= 11 is 5.96. The summed E-state index contributed by atoms with van der Waals surface area (Å²) in [4.78, 5) is 0.140. The highest BCUT2D eigenvalue weighted by Gasteiger charge is 2.32. The summed E-state index contributed by atoms with van der Waals surface area (Å²) in [5.74, 6) is 0. The van der Waals surface area contributed by atoms with Crippen molar-refractivity contribution < 1.29 is 18.3 Å². The van der Waals surface area contributed by atoms with Crippen molar-refractivity contribution in [1.82, 2.24) is 4.31 Å². The lowest BCUT2D eigenvalue weighted by atomic mass is 10.2. The summed E-state index contributed by atoms with van der Waals surface area (Å²) in [6.45, 7) is 4.13. The van der Waals surface area contributed by atoms with Gasteiger partial charge >= 0.3 is 0 Å². The molecule has 1 N–H and O–H groups in total. The van der Waals surface area contributed by atoms with Crippen molar-refractivity contribution in [3.8, 4) is 0 Å². The number of aliphatic hydroxyl groups is 1. The van der Waals surface area contributed by atoms with Gasteiger partial charge in [-0.1, -0.05) is 17.7 Å². The van der Waals surface area contributed by atoms with E-state index in [1.807, 2.05) is 13.8 Å². The number of hydrogen-bond acceptors (Lipinski definition) is 4. The highest BCUT2D eigenvalue weighted by molar-refractivity contribution is 7.89. The van der Waals surface area contributed by atoms with E-state index in [2.05, 4.69) is 0 Å². The maximum absolute atomic E-state index is 12.6. The lowest BCUT2D eigenvalue weighted by molar-refractivity contribution is -0.0440. The Morgan fingerprint density at radius 2 is 1.95 bits per heavy atom. The van der Waals surface area contributed by atoms with Gasteiger partial charge in [0, 0.05) is 18.1 Å². The van der Waals surface area contributed by atoms with Crippen LogP contribution in [-0.4, -0.2) is 43.1 Å². The van der Waals surface area contributed by atoms with Crippen LogP contribution in [0, 0.1) is 0 Å². The van der Waals surface area contributed by atoms with Gasteiger partial charge in [-0.2, -0.15) is 4.31 Å². The molecule has 0 aliphatic carbocycles. The average Bonchev–Trinajstić information content (AvgIpc) is 2.37. The Morgan fingerprint density at radius 1 is 1.35 bits per heavy atom. The zero-order valence-corrected chi connectivity index (χ0v) is 13.0. The van der Waals surface area contributed by atoms with E-state index in [0.29, 0.717) is 18.7 Å². The molecule has 1 aliphatic heterocycles. The van der Waals surface area contributed by atoms with E-state index in [9.17, 15) is 8.42 Å². The predicted molar refractivity (Wildman–Crippen MR) is 76.1 cm³/mol. The van der Waals surface area contributed by atoms with Gasteiger partial charge in [0.1, 0.15) is 0 Å². The molecule has 1 aromatic carbocycles. The Morgan fingerprint density at radius 3 is 2.45 bits per heavy atom. The fourth-order valence-corrected chi connectivity index (χ4v) is 4.22. The van der Waals surface area contributed by atoms with Crippen molar-refractivity contribution in [2.45, 2.75) is 37.6 Å². The molecule has 0 saturated carbocycles. The number of halogens is 1. The number of benzene rings is 1. The third kappa shape index (κ3) is 3.15. The molecule has 0 spiro atoms. The second-order valence-corrected chi connectivity index (χ2v) is 7.34. The lowest BCUT2D eigenvalue weighted by Gasteiger charge is -2.34. The van der Waals surface area contributed by atoms with Gasteiger partial charge in [-0.25, -0.2) is 8.42 Å². The van der Waals surface area contributed by atoms with Crippen LogP contribution in [0.2, 0.25) is 5.02 Å². The third-order valence-corrected chi connectivity index (χ3v) is 5.40. The molecular formula is C13H18ClNO4S. The van der Waals surface area contributed by atoms with Crippen molar-refractivity contribution in [3.63, 3.8) is 0 Å². The highest BCUT2D eigenvalue weighted by atomic mass is 35.5. The van der Waals surface area contributed by atoms with Crippen LogP contribution in [0.5, 0.6) is 0 Å². The van der Waals surface area contributed by atoms with Gasteiger partial charge in [-0.15, -0.1) is 0 Å². The number of ether oxygens (including phenoxy) is 1. The van der Waals surface area contributed by atoms with Gasteiger partial charge < -0.3 is 9.84 Å². The van der Waals surface area contributed by atoms with Gasteiger partial charge in [0.05, 0.1) is 23.7 Å². The van der Waals surface area contributed by atoms with Crippen LogP contribution in [0.1, 0.15) is 19.4 Å². The largest absolute Gasteiger partial charge is 0.392 e. The summed E-state index contributed by atoms with van der Waals surface area (Å²) in [5.41, 5.74) is 0.509. The first-order valence-corrected chi connectivity index (χ1v) is 8.21. The van der Waals surface area contributed by atoms with E-state index in [4.69, 9.17) is 21.4 Å². The van der Waals surface area contributed by atoms with E-state index < -0.39 is 10.0 Å². The van der Waals surface area contributed by atoms with Gasteiger partial charge in [0.2, 0.25) is 10.0 Å². The summed E-state index contributed by atoms with van der Waals surface area (Å²) in [6.07, 6.45) is -0.276. The number of hydrogen-bond donors (Lipinski definition) is 1. The molecule has 0 radical (unpaired) electrons. The molecule has 20 heavy (non-hydrogen) atoms. The van der Waals surface area contributed by atoms with E-state index in [1.165, 1.54) is 22.5 Å². The van der Waals surface area contributed by atoms with Crippen molar-refractivity contribution in [2.24, 2.45) is 0 Å². The number of sulfonamides is 1. The van der Waals surface area contributed by atoms with Gasteiger partial charge in [-0.3, -0.25) is 0 Å². The molecule has 2 unspecified atom stereocenters. The summed E-state index contributed by atoms with van der Waals surface area (Å²) in [5, 5.41) is 9.32. The second-order valence-electron chi connectivity index (χ2n) is 4.99. The minimum absolute atomic E-state index is 0.138. The Labute approximate surface area is 124 Å². The fraction of sp³-hybridized carbons (Fsp3) is 0.538. The van der Waals surface area contributed by atoms with Crippen LogP contribution in [0.25, 0.3) is 0 Å². The van der Waals surface area contributed by atoms with Crippen LogP contribution in [0.15, 0.2) is 23.1 Å². The smallest absolute Gasteiger partial charge is 0.243 e. The zero-order valence-electron chi connectivity index (χ0n) is 11.4. The topological polar surface area (TPSA) is 66.8 Å². The second kappa shape index (κ2) is 5.99. The SMILES string of the molecule is CC1CN(S(=O)(=O)c2ccc(CO)c(Cl)c2)CC(C)O1. The van der Waals surface area contributed by atoms with Gasteiger partial charge in [-0.05, 0) is 31.5 Å². The maximum Gasteiger partial charge on any atom is 0.243 e. The summed E-state index contributed by atoms with van der Waals surface area (Å²) in [6, 6.07) is 4.38. The molecule has 2 atom stereocenters. The highest BCUT2D eigenvalue weighted by Crippen LogP contribution is 2.25. The van der Waals surface area contributed by atoms with Crippen LogP contribution >= 0.6 is 11.6 Å². The molecule has 1 heterocycles. The summed E-state index contributed by atoms with van der Waals surface area (Å²) < 4.78 is 32.1. The quantitative estimate of drug-likeness (QED) is 0.919. The minimum Gasteiger partial charge on any atom is -0.392 e. The van der Waals surface area contributed by atoms with E-state index >= 15 is 0 Å². The Balaban J connectivity index is 2.32. The molecule has 2 rings (SSSR count). The Kier molecular flexibility index (Phi) is 4.71. The monoisotopic (exact) mass is 319 g/mol. The lowest BCUT2D eigenvalue weighted by Crippen LogP contribution is -2.48. The molecule has 5 nitrogen and oxygen atoms in total. The van der Waals surface area contributed by atoms with Crippen molar-refractivity contribution in [1.29, 1.82) is 0 Å². The predicted octanol–water partition coefficient (Wildman–Crippen LogP) is 1.63. The number of aliphatic hydroxyl groups excluding tert-OH is 1. The van der Waals surface area contributed by atoms with E-state index in [-0.39, 0.29) is 28.7 Å². The molecule has 7 heteroatoms. The standard InChI is InChI=1S/C13H18ClNO4S/c1-9-6-15(7-10(2)19-9)20(17,18)12-4-3-11(8-16)13(14)5-12/h3-5,9-10,16H,6-8H2,1-2H3. The Hall–Kier alpha value is -0.660. The van der Waals surface area contributed by atoms with Crippen LogP contribution in [0.3, 0.4) is 0 Å². The number of rotatable bonds is 3. The molecule has 112 valence electrons. The van der Waals surface area contributed by atoms with Crippen molar-refractivity contribution in [2.75, 3.05) is 13.1 Å². The normalized spacial score (nSPS) is 24.8. The van der Waals surface area contributed by atoms with Crippen LogP contribution in [0.4, 0.5) is 0 Å². The third-order valence-electron chi connectivity index (χ3n) is 3.22. The molecule has 0 aromatic heterocycles. The molecule has 1 fully saturated rings. The maximum atomic E-state index is 12.6. The molecule has 0 amide bonds.